The van der Waals surface area contributed by atoms with Gasteiger partial charge in [-0.05, 0) is 37.9 Å². The summed E-state index contributed by atoms with van der Waals surface area (Å²) in [5.74, 6) is 0. The van der Waals surface area contributed by atoms with Crippen molar-refractivity contribution < 1.29 is 8.42 Å². The Morgan fingerprint density at radius 1 is 0.938 bits per heavy atom. The standard InChI is InChI=1S/C25H34N4O2S/c1-20(2)26-16-11-17-29-22(4)25(21(3)27-29)32(30,31)28(18-23-12-7-5-8-13-23)19-24-14-9-6-10-15-24/h5-10,12-15,20,26H,11,16-19H2,1-4H3. The molecule has 0 radical (unpaired) electrons. The van der Waals surface area contributed by atoms with Gasteiger partial charge in [0.1, 0.15) is 4.90 Å². The molecule has 1 aromatic heterocycles. The number of rotatable bonds is 11. The number of aromatic nitrogens is 2. The Morgan fingerprint density at radius 2 is 1.47 bits per heavy atom. The van der Waals surface area contributed by atoms with Gasteiger partial charge in [0.25, 0.3) is 0 Å². The largest absolute Gasteiger partial charge is 0.314 e. The topological polar surface area (TPSA) is 67.2 Å². The zero-order chi connectivity index (χ0) is 23.1. The van der Waals surface area contributed by atoms with Crippen LogP contribution in [-0.4, -0.2) is 35.1 Å². The fourth-order valence-electron chi connectivity index (χ4n) is 3.82. The molecule has 0 aliphatic heterocycles. The van der Waals surface area contributed by atoms with Gasteiger partial charge in [0.2, 0.25) is 10.0 Å². The normalized spacial score (nSPS) is 12.1. The predicted octanol–water partition coefficient (Wildman–Crippen LogP) is 4.28. The van der Waals surface area contributed by atoms with Crippen LogP contribution in [0.15, 0.2) is 65.6 Å². The average molecular weight is 455 g/mol. The fourth-order valence-corrected chi connectivity index (χ4v) is 5.61. The lowest BCUT2D eigenvalue weighted by atomic mass is 10.2. The van der Waals surface area contributed by atoms with Gasteiger partial charge in [-0.1, -0.05) is 74.5 Å². The summed E-state index contributed by atoms with van der Waals surface area (Å²) in [4.78, 5) is 0.321. The average Bonchev–Trinajstić information content (AvgIpc) is 3.05. The molecule has 0 saturated heterocycles. The van der Waals surface area contributed by atoms with E-state index in [0.29, 0.717) is 42.0 Å². The van der Waals surface area contributed by atoms with E-state index < -0.39 is 10.0 Å². The Kier molecular flexibility index (Phi) is 8.23. The van der Waals surface area contributed by atoms with Crippen LogP contribution < -0.4 is 5.32 Å². The number of sulfonamides is 1. The molecule has 0 aliphatic rings. The lowest BCUT2D eigenvalue weighted by Gasteiger charge is -2.23. The monoisotopic (exact) mass is 454 g/mol. The second-order valence-electron chi connectivity index (χ2n) is 8.43. The molecule has 0 fully saturated rings. The third-order valence-corrected chi connectivity index (χ3v) is 7.46. The molecule has 0 aliphatic carbocycles. The molecule has 0 atom stereocenters. The van der Waals surface area contributed by atoms with E-state index in [1.807, 2.05) is 72.3 Å². The van der Waals surface area contributed by atoms with Gasteiger partial charge >= 0.3 is 0 Å². The predicted molar refractivity (Wildman–Crippen MR) is 129 cm³/mol. The first-order valence-corrected chi connectivity index (χ1v) is 12.6. The third kappa shape index (κ3) is 6.06. The zero-order valence-electron chi connectivity index (χ0n) is 19.5. The zero-order valence-corrected chi connectivity index (χ0v) is 20.3. The molecule has 172 valence electrons. The van der Waals surface area contributed by atoms with Gasteiger partial charge in [0.15, 0.2) is 0 Å². The second-order valence-corrected chi connectivity index (χ2v) is 10.3. The van der Waals surface area contributed by atoms with Crippen molar-refractivity contribution in [3.8, 4) is 0 Å². The summed E-state index contributed by atoms with van der Waals surface area (Å²) in [6.45, 7) is 10.0. The van der Waals surface area contributed by atoms with Crippen molar-refractivity contribution in [3.63, 3.8) is 0 Å². The Balaban J connectivity index is 1.90. The molecule has 0 saturated carbocycles. The fraction of sp³-hybridized carbons (Fsp3) is 0.400. The Hall–Kier alpha value is -2.48. The van der Waals surface area contributed by atoms with Gasteiger partial charge < -0.3 is 5.32 Å². The number of benzene rings is 2. The highest BCUT2D eigenvalue weighted by Crippen LogP contribution is 2.26. The highest BCUT2D eigenvalue weighted by molar-refractivity contribution is 7.89. The summed E-state index contributed by atoms with van der Waals surface area (Å²) in [5.41, 5.74) is 3.15. The number of hydrogen-bond donors (Lipinski definition) is 1. The minimum Gasteiger partial charge on any atom is -0.314 e. The van der Waals surface area contributed by atoms with Crippen molar-refractivity contribution in [2.75, 3.05) is 6.54 Å². The van der Waals surface area contributed by atoms with E-state index in [9.17, 15) is 8.42 Å². The van der Waals surface area contributed by atoms with Crippen molar-refractivity contribution in [2.45, 2.75) is 64.7 Å². The van der Waals surface area contributed by atoms with Crippen LogP contribution in [0.1, 0.15) is 42.8 Å². The molecule has 0 spiro atoms. The Bertz CT molecular complexity index is 1050. The molecule has 0 bridgehead atoms. The van der Waals surface area contributed by atoms with Crippen molar-refractivity contribution in [1.29, 1.82) is 0 Å². The van der Waals surface area contributed by atoms with Gasteiger partial charge in [-0.2, -0.15) is 9.40 Å². The van der Waals surface area contributed by atoms with Crippen LogP contribution in [0.4, 0.5) is 0 Å². The van der Waals surface area contributed by atoms with Gasteiger partial charge in [-0.25, -0.2) is 8.42 Å². The molecule has 6 nitrogen and oxygen atoms in total. The molecular formula is C25H34N4O2S. The van der Waals surface area contributed by atoms with Crippen LogP contribution in [0.25, 0.3) is 0 Å². The first kappa shape index (κ1) is 24.2. The van der Waals surface area contributed by atoms with Gasteiger partial charge in [0, 0.05) is 25.7 Å². The van der Waals surface area contributed by atoms with Crippen LogP contribution in [0.3, 0.4) is 0 Å². The lowest BCUT2D eigenvalue weighted by molar-refractivity contribution is 0.400. The minimum absolute atomic E-state index is 0.306. The molecule has 1 heterocycles. The molecule has 2 aromatic carbocycles. The van der Waals surface area contributed by atoms with E-state index in [1.54, 1.807) is 11.2 Å². The first-order valence-electron chi connectivity index (χ1n) is 11.1. The molecule has 1 N–H and O–H groups in total. The van der Waals surface area contributed by atoms with Crippen molar-refractivity contribution in [3.05, 3.63) is 83.2 Å². The summed E-state index contributed by atoms with van der Waals surface area (Å²) in [5, 5.41) is 7.96. The van der Waals surface area contributed by atoms with Crippen molar-refractivity contribution in [1.82, 2.24) is 19.4 Å². The van der Waals surface area contributed by atoms with E-state index in [1.165, 1.54) is 0 Å². The van der Waals surface area contributed by atoms with Crippen molar-refractivity contribution >= 4 is 10.0 Å². The van der Waals surface area contributed by atoms with Gasteiger partial charge in [-0.3, -0.25) is 4.68 Å². The summed E-state index contributed by atoms with van der Waals surface area (Å²) in [6, 6.07) is 19.9. The number of aryl methyl sites for hydroxylation is 2. The van der Waals surface area contributed by atoms with Crippen LogP contribution in [0.5, 0.6) is 0 Å². The van der Waals surface area contributed by atoms with Crippen LogP contribution in [0.2, 0.25) is 0 Å². The maximum Gasteiger partial charge on any atom is 0.247 e. The maximum absolute atomic E-state index is 13.9. The van der Waals surface area contributed by atoms with E-state index in [4.69, 9.17) is 0 Å². The maximum atomic E-state index is 13.9. The molecular weight excluding hydrogens is 420 g/mol. The second kappa shape index (κ2) is 10.9. The summed E-state index contributed by atoms with van der Waals surface area (Å²) < 4.78 is 31.1. The number of nitrogens with zero attached hydrogens (tertiary/aromatic N) is 3. The number of hydrogen-bond acceptors (Lipinski definition) is 4. The van der Waals surface area contributed by atoms with Gasteiger partial charge in [0.05, 0.1) is 11.4 Å². The molecule has 0 unspecified atom stereocenters. The van der Waals surface area contributed by atoms with Crippen LogP contribution in [0, 0.1) is 13.8 Å². The molecule has 7 heteroatoms. The summed E-state index contributed by atoms with van der Waals surface area (Å²) in [6.07, 6.45) is 0.886. The summed E-state index contributed by atoms with van der Waals surface area (Å²) in [7, 11) is -3.75. The molecule has 32 heavy (non-hydrogen) atoms. The lowest BCUT2D eigenvalue weighted by Crippen LogP contribution is -2.31. The molecule has 3 aromatic rings. The van der Waals surface area contributed by atoms with Crippen LogP contribution in [-0.2, 0) is 29.7 Å². The van der Waals surface area contributed by atoms with E-state index in [2.05, 4.69) is 24.3 Å². The van der Waals surface area contributed by atoms with E-state index in [-0.39, 0.29) is 0 Å². The Labute approximate surface area is 192 Å². The smallest absolute Gasteiger partial charge is 0.247 e. The SMILES string of the molecule is Cc1nn(CCCNC(C)C)c(C)c1S(=O)(=O)N(Cc1ccccc1)Cc1ccccc1. The van der Waals surface area contributed by atoms with Crippen molar-refractivity contribution in [2.24, 2.45) is 0 Å². The summed E-state index contributed by atoms with van der Waals surface area (Å²) >= 11 is 0. The van der Waals surface area contributed by atoms with Crippen LogP contribution >= 0.6 is 0 Å². The minimum atomic E-state index is -3.75. The van der Waals surface area contributed by atoms with E-state index >= 15 is 0 Å². The third-order valence-electron chi connectivity index (χ3n) is 5.42. The first-order chi connectivity index (χ1) is 15.3. The quantitative estimate of drug-likeness (QED) is 0.439. The number of nitrogens with one attached hydrogen (secondary N) is 1. The van der Waals surface area contributed by atoms with Gasteiger partial charge in [-0.15, -0.1) is 0 Å². The highest BCUT2D eigenvalue weighted by atomic mass is 32.2. The van der Waals surface area contributed by atoms with E-state index in [0.717, 1.165) is 24.1 Å². The molecule has 0 amide bonds. The highest BCUT2D eigenvalue weighted by Gasteiger charge is 2.31. The Morgan fingerprint density at radius 3 is 1.97 bits per heavy atom. The molecule has 3 rings (SSSR count).